The summed E-state index contributed by atoms with van der Waals surface area (Å²) in [6, 6.07) is 27.4. The number of rotatable bonds is 8. The standard InChI is InChI=1S/C31H30N2O4/c1-20(34)32-18-17-24-23-15-9-10-16-25(23)33(2)29(24)27(22-13-7-4-8-14-22)28-30(35)26(37-31(28)36)19-21-11-5-3-6-12-21/h3-16,26-28H,17-19H2,1-2H3,(H,32,34). The highest BCUT2D eigenvalue weighted by Gasteiger charge is 2.49. The van der Waals surface area contributed by atoms with Gasteiger partial charge in [0.15, 0.2) is 11.9 Å². The summed E-state index contributed by atoms with van der Waals surface area (Å²) in [4.78, 5) is 38.8. The van der Waals surface area contributed by atoms with E-state index in [9.17, 15) is 14.4 Å². The molecule has 1 amide bonds. The predicted molar refractivity (Wildman–Crippen MR) is 142 cm³/mol. The van der Waals surface area contributed by atoms with E-state index in [-0.39, 0.29) is 11.7 Å². The minimum absolute atomic E-state index is 0.0975. The van der Waals surface area contributed by atoms with Crippen molar-refractivity contribution in [2.45, 2.75) is 31.8 Å². The van der Waals surface area contributed by atoms with E-state index in [0.717, 1.165) is 33.3 Å². The first-order valence-corrected chi connectivity index (χ1v) is 12.6. The zero-order valence-electron chi connectivity index (χ0n) is 21.0. The smallest absolute Gasteiger partial charge is 0.318 e. The van der Waals surface area contributed by atoms with Crippen molar-refractivity contribution in [3.8, 4) is 0 Å². The van der Waals surface area contributed by atoms with E-state index in [1.165, 1.54) is 6.92 Å². The third-order valence-electron chi connectivity index (χ3n) is 7.20. The maximum absolute atomic E-state index is 13.8. The van der Waals surface area contributed by atoms with E-state index in [1.807, 2.05) is 85.9 Å². The Morgan fingerprint density at radius 1 is 0.946 bits per heavy atom. The Balaban J connectivity index is 1.62. The first-order valence-electron chi connectivity index (χ1n) is 12.6. The fourth-order valence-corrected chi connectivity index (χ4v) is 5.54. The van der Waals surface area contributed by atoms with Crippen LogP contribution in [-0.4, -0.2) is 34.9 Å². The molecule has 5 rings (SSSR count). The summed E-state index contributed by atoms with van der Waals surface area (Å²) in [5.74, 6) is -2.26. The number of aryl methyl sites for hydroxylation is 1. The highest BCUT2D eigenvalue weighted by Crippen LogP contribution is 2.42. The van der Waals surface area contributed by atoms with Gasteiger partial charge in [-0.05, 0) is 29.2 Å². The van der Waals surface area contributed by atoms with E-state index in [2.05, 4.69) is 16.0 Å². The number of nitrogens with one attached hydrogen (secondary N) is 1. The number of esters is 1. The van der Waals surface area contributed by atoms with Crippen LogP contribution in [0.3, 0.4) is 0 Å². The van der Waals surface area contributed by atoms with Gasteiger partial charge in [0.25, 0.3) is 0 Å². The molecule has 3 aromatic carbocycles. The molecule has 0 spiro atoms. The molecule has 1 aliphatic heterocycles. The van der Waals surface area contributed by atoms with Crippen molar-refractivity contribution in [1.29, 1.82) is 0 Å². The maximum Gasteiger partial charge on any atom is 0.318 e. The minimum Gasteiger partial charge on any atom is -0.453 e. The van der Waals surface area contributed by atoms with E-state index in [1.54, 1.807) is 0 Å². The zero-order chi connectivity index (χ0) is 25.9. The number of para-hydroxylation sites is 1. The highest BCUT2D eigenvalue weighted by atomic mass is 16.6. The summed E-state index contributed by atoms with van der Waals surface area (Å²) in [7, 11) is 1.97. The van der Waals surface area contributed by atoms with Gasteiger partial charge in [0.2, 0.25) is 5.91 Å². The zero-order valence-corrected chi connectivity index (χ0v) is 21.0. The third kappa shape index (κ3) is 4.79. The number of ketones is 1. The van der Waals surface area contributed by atoms with Gasteiger partial charge in [0.1, 0.15) is 5.92 Å². The summed E-state index contributed by atoms with van der Waals surface area (Å²) >= 11 is 0. The molecule has 0 aliphatic carbocycles. The molecular weight excluding hydrogens is 464 g/mol. The number of fused-ring (bicyclic) bond motifs is 1. The Bertz CT molecular complexity index is 1440. The molecule has 0 bridgehead atoms. The first-order chi connectivity index (χ1) is 18.0. The van der Waals surface area contributed by atoms with Gasteiger partial charge < -0.3 is 14.6 Å². The molecule has 4 aromatic rings. The quantitative estimate of drug-likeness (QED) is 0.292. The number of benzene rings is 3. The van der Waals surface area contributed by atoms with Crippen LogP contribution < -0.4 is 5.32 Å². The van der Waals surface area contributed by atoms with Crippen molar-refractivity contribution in [2.24, 2.45) is 13.0 Å². The molecule has 1 fully saturated rings. The fraction of sp³-hybridized carbons (Fsp3) is 0.258. The molecule has 0 saturated carbocycles. The van der Waals surface area contributed by atoms with Crippen LogP contribution in [0.15, 0.2) is 84.9 Å². The van der Waals surface area contributed by atoms with Crippen LogP contribution in [0.4, 0.5) is 0 Å². The van der Waals surface area contributed by atoms with Crippen LogP contribution in [0.5, 0.6) is 0 Å². The number of carbonyl (C=O) groups excluding carboxylic acids is 3. The molecule has 0 radical (unpaired) electrons. The molecular formula is C31H30N2O4. The second-order valence-electron chi connectivity index (χ2n) is 9.56. The van der Waals surface area contributed by atoms with Crippen LogP contribution in [0, 0.1) is 5.92 Å². The largest absolute Gasteiger partial charge is 0.453 e. The molecule has 6 nitrogen and oxygen atoms in total. The summed E-state index contributed by atoms with van der Waals surface area (Å²) < 4.78 is 7.81. The lowest BCUT2D eigenvalue weighted by Gasteiger charge is -2.24. The molecule has 188 valence electrons. The van der Waals surface area contributed by atoms with Crippen LogP contribution in [0.25, 0.3) is 10.9 Å². The molecule has 2 heterocycles. The number of carbonyl (C=O) groups is 3. The van der Waals surface area contributed by atoms with Crippen molar-refractivity contribution in [2.75, 3.05) is 6.54 Å². The number of hydrogen-bond donors (Lipinski definition) is 1. The van der Waals surface area contributed by atoms with E-state index in [4.69, 9.17) is 4.74 Å². The van der Waals surface area contributed by atoms with Crippen molar-refractivity contribution in [1.82, 2.24) is 9.88 Å². The van der Waals surface area contributed by atoms with Crippen LogP contribution >= 0.6 is 0 Å². The normalized spacial score (nSPS) is 18.1. The summed E-state index contributed by atoms with van der Waals surface area (Å²) in [5.41, 5.74) is 4.76. The Kier molecular flexibility index (Phi) is 6.91. The van der Waals surface area contributed by atoms with Crippen LogP contribution in [0.2, 0.25) is 0 Å². The fourth-order valence-electron chi connectivity index (χ4n) is 5.54. The van der Waals surface area contributed by atoms with E-state index >= 15 is 0 Å². The van der Waals surface area contributed by atoms with Crippen LogP contribution in [0.1, 0.15) is 35.2 Å². The summed E-state index contributed by atoms with van der Waals surface area (Å²) in [6.07, 6.45) is 0.111. The lowest BCUT2D eigenvalue weighted by molar-refractivity contribution is -0.144. The number of aromatic nitrogens is 1. The number of Topliss-reactive ketones (excluding diaryl/α,β-unsaturated/α-hetero) is 1. The third-order valence-corrected chi connectivity index (χ3v) is 7.20. The monoisotopic (exact) mass is 494 g/mol. The number of ether oxygens (including phenoxy) is 1. The van der Waals surface area contributed by atoms with Gasteiger partial charge in [-0.25, -0.2) is 0 Å². The maximum atomic E-state index is 13.8. The SMILES string of the molecule is CC(=O)NCCc1c(C(c2ccccc2)C2C(=O)OC(Cc3ccccc3)C2=O)n(C)c2ccccc12. The lowest BCUT2D eigenvalue weighted by atomic mass is 9.78. The number of nitrogens with zero attached hydrogens (tertiary/aromatic N) is 1. The van der Waals surface area contributed by atoms with Gasteiger partial charge in [-0.2, -0.15) is 0 Å². The van der Waals surface area contributed by atoms with Crippen molar-refractivity contribution >= 4 is 28.6 Å². The Hall–Kier alpha value is -4.19. The number of amides is 1. The Labute approximate surface area is 216 Å². The van der Waals surface area contributed by atoms with E-state index < -0.39 is 23.9 Å². The van der Waals surface area contributed by atoms with E-state index in [0.29, 0.717) is 19.4 Å². The van der Waals surface area contributed by atoms with Gasteiger partial charge in [-0.1, -0.05) is 78.9 Å². The van der Waals surface area contributed by atoms with Gasteiger partial charge in [0.05, 0.1) is 0 Å². The Morgan fingerprint density at radius 3 is 2.30 bits per heavy atom. The number of hydrogen-bond acceptors (Lipinski definition) is 4. The molecule has 1 aromatic heterocycles. The molecule has 1 saturated heterocycles. The molecule has 37 heavy (non-hydrogen) atoms. The highest BCUT2D eigenvalue weighted by molar-refractivity contribution is 6.08. The first kappa shape index (κ1) is 24.5. The van der Waals surface area contributed by atoms with Crippen molar-refractivity contribution < 1.29 is 19.1 Å². The number of cyclic esters (lactones) is 1. The topological polar surface area (TPSA) is 77.4 Å². The minimum atomic E-state index is -0.960. The summed E-state index contributed by atoms with van der Waals surface area (Å²) in [5, 5.41) is 3.94. The lowest BCUT2D eigenvalue weighted by Crippen LogP contribution is -2.30. The molecule has 6 heteroatoms. The predicted octanol–water partition coefficient (Wildman–Crippen LogP) is 4.34. The second kappa shape index (κ2) is 10.4. The summed E-state index contributed by atoms with van der Waals surface area (Å²) in [6.45, 7) is 1.95. The van der Waals surface area contributed by atoms with Gasteiger partial charge >= 0.3 is 5.97 Å². The molecule has 1 aliphatic rings. The molecule has 1 N–H and O–H groups in total. The van der Waals surface area contributed by atoms with Crippen molar-refractivity contribution in [3.63, 3.8) is 0 Å². The van der Waals surface area contributed by atoms with Gasteiger partial charge in [-0.15, -0.1) is 0 Å². The Morgan fingerprint density at radius 2 is 1.59 bits per heavy atom. The van der Waals surface area contributed by atoms with Crippen LogP contribution in [-0.2, 0) is 39.0 Å². The van der Waals surface area contributed by atoms with Gasteiger partial charge in [-0.3, -0.25) is 14.4 Å². The van der Waals surface area contributed by atoms with Crippen molar-refractivity contribution in [3.05, 3.63) is 107 Å². The average Bonchev–Trinajstić information content (AvgIpc) is 3.34. The second-order valence-corrected chi connectivity index (χ2v) is 9.56. The molecule has 3 atom stereocenters. The molecule has 3 unspecified atom stereocenters. The van der Waals surface area contributed by atoms with Gasteiger partial charge in [0, 0.05) is 49.5 Å². The average molecular weight is 495 g/mol.